The van der Waals surface area contributed by atoms with Gasteiger partial charge in [0.25, 0.3) is 5.91 Å². The van der Waals surface area contributed by atoms with Crippen molar-refractivity contribution < 1.29 is 27.9 Å². The summed E-state index contributed by atoms with van der Waals surface area (Å²) in [6.45, 7) is 0.901. The van der Waals surface area contributed by atoms with Gasteiger partial charge in [-0.1, -0.05) is 35.4 Å². The first kappa shape index (κ1) is 32.3. The Hall–Kier alpha value is -1.61. The van der Waals surface area contributed by atoms with Gasteiger partial charge in [0.2, 0.25) is 5.91 Å². The van der Waals surface area contributed by atoms with Gasteiger partial charge in [-0.15, -0.1) is 17.1 Å². The van der Waals surface area contributed by atoms with E-state index in [1.165, 1.54) is 6.08 Å². The van der Waals surface area contributed by atoms with Crippen LogP contribution in [0.3, 0.4) is 0 Å². The minimum atomic E-state index is -3.43. The van der Waals surface area contributed by atoms with Gasteiger partial charge in [0.15, 0.2) is 9.84 Å². The Kier molecular flexibility index (Phi) is 10.5. The quantitative estimate of drug-likeness (QED) is 0.151. The molecule has 9 nitrogen and oxygen atoms in total. The van der Waals surface area contributed by atoms with Crippen molar-refractivity contribution in [2.45, 2.75) is 56.0 Å². The van der Waals surface area contributed by atoms with E-state index in [9.17, 15) is 27.9 Å². The normalized spacial score (nSPS) is 27.6. The highest BCUT2D eigenvalue weighted by Gasteiger charge is 2.43. The fourth-order valence-electron chi connectivity index (χ4n) is 5.80. The van der Waals surface area contributed by atoms with Crippen LogP contribution in [-0.4, -0.2) is 80.9 Å². The van der Waals surface area contributed by atoms with E-state index in [-0.39, 0.29) is 40.7 Å². The average molecular weight is 734 g/mol. The maximum absolute atomic E-state index is 13.3. The number of piperidine rings is 1. The Labute approximate surface area is 265 Å². The van der Waals surface area contributed by atoms with E-state index in [2.05, 4.69) is 8.85 Å². The molecule has 14 heteroatoms. The van der Waals surface area contributed by atoms with Crippen LogP contribution in [-0.2, 0) is 24.2 Å². The van der Waals surface area contributed by atoms with E-state index in [0.717, 1.165) is 6.26 Å². The number of carbonyl (C=O) groups is 3. The highest BCUT2D eigenvalue weighted by atomic mass is 127. The third kappa shape index (κ3) is 7.49. The van der Waals surface area contributed by atoms with Crippen LogP contribution in [0, 0.1) is 11.8 Å². The number of carboxylic acid groups (broad SMARTS) is 1. The molecule has 0 spiro atoms. The van der Waals surface area contributed by atoms with E-state index in [0.29, 0.717) is 66.8 Å². The third-order valence-electron chi connectivity index (χ3n) is 8.04. The van der Waals surface area contributed by atoms with Crippen LogP contribution in [0.15, 0.2) is 56.4 Å². The Morgan fingerprint density at radius 2 is 2.02 bits per heavy atom. The first-order valence-electron chi connectivity index (χ1n) is 13.3. The van der Waals surface area contributed by atoms with Crippen molar-refractivity contribution in [1.82, 2.24) is 13.7 Å². The third-order valence-corrected chi connectivity index (χ3v) is 10.8. The van der Waals surface area contributed by atoms with Gasteiger partial charge in [-0.05, 0) is 50.5 Å². The van der Waals surface area contributed by atoms with E-state index < -0.39 is 33.1 Å². The van der Waals surface area contributed by atoms with Crippen molar-refractivity contribution >= 4 is 81.5 Å². The van der Waals surface area contributed by atoms with Crippen LogP contribution in [0.4, 0.5) is 0 Å². The molecule has 0 saturated carbocycles. The number of sulfone groups is 1. The van der Waals surface area contributed by atoms with Gasteiger partial charge < -0.3 is 15.3 Å². The largest absolute Gasteiger partial charge is 0.480 e. The minimum Gasteiger partial charge on any atom is -0.480 e. The lowest BCUT2D eigenvalue weighted by atomic mass is 9.75. The van der Waals surface area contributed by atoms with Crippen molar-refractivity contribution in [3.05, 3.63) is 56.4 Å². The van der Waals surface area contributed by atoms with E-state index >= 15 is 0 Å². The number of amides is 2. The number of fused-ring (bicyclic) bond motifs is 1. The molecule has 41 heavy (non-hydrogen) atoms. The van der Waals surface area contributed by atoms with Gasteiger partial charge in [0.05, 0.1) is 10.3 Å². The highest BCUT2D eigenvalue weighted by Crippen LogP contribution is 2.44. The predicted octanol–water partition coefficient (Wildman–Crippen LogP) is 3.25. The van der Waals surface area contributed by atoms with Gasteiger partial charge in [-0.2, -0.15) is 0 Å². The van der Waals surface area contributed by atoms with Crippen molar-refractivity contribution in [3.63, 3.8) is 0 Å². The number of likely N-dealkylation sites (tertiary alicyclic amines) is 1. The summed E-state index contributed by atoms with van der Waals surface area (Å²) >= 11 is 15.4. The van der Waals surface area contributed by atoms with Crippen molar-refractivity contribution in [2.24, 2.45) is 11.8 Å². The maximum Gasteiger partial charge on any atom is 0.326 e. The number of carboxylic acids is 1. The van der Waals surface area contributed by atoms with Gasteiger partial charge >= 0.3 is 5.97 Å². The Morgan fingerprint density at radius 3 is 2.68 bits per heavy atom. The number of carbonyl (C=O) groups excluding carboxylic acids is 2. The molecular weight excluding hydrogens is 703 g/mol. The molecule has 1 aliphatic heterocycles. The minimum absolute atomic E-state index is 0.0421. The number of halogens is 3. The number of alkyl halides is 1. The van der Waals surface area contributed by atoms with E-state index in [4.69, 9.17) is 31.0 Å². The summed E-state index contributed by atoms with van der Waals surface area (Å²) in [6.07, 6.45) is 10.0. The molecule has 3 aliphatic carbocycles. The number of aliphatic carboxylic acids is 1. The number of hydrogen-bond acceptors (Lipinski definition) is 6. The molecule has 4 rings (SSSR count). The molecule has 2 amide bonds. The summed E-state index contributed by atoms with van der Waals surface area (Å²) in [6, 6.07) is -1.39. The number of rotatable bonds is 8. The molecule has 5 atom stereocenters. The second-order valence-corrected chi connectivity index (χ2v) is 14.5. The fourth-order valence-corrected chi connectivity index (χ4v) is 8.19. The van der Waals surface area contributed by atoms with Gasteiger partial charge in [0.1, 0.15) is 13.9 Å². The summed E-state index contributed by atoms with van der Waals surface area (Å²) in [5.74, 6) is -2.18. The molecule has 0 aromatic heterocycles. The summed E-state index contributed by atoms with van der Waals surface area (Å²) < 4.78 is 26.9. The molecule has 220 valence electrons. The Balaban J connectivity index is 1.45. The molecule has 1 fully saturated rings. The zero-order valence-electron chi connectivity index (χ0n) is 22.4. The Morgan fingerprint density at radius 1 is 1.29 bits per heavy atom. The first-order valence-corrected chi connectivity index (χ1v) is 17.1. The van der Waals surface area contributed by atoms with Crippen molar-refractivity contribution in [3.8, 4) is 0 Å². The second kappa shape index (κ2) is 13.4. The van der Waals surface area contributed by atoms with Crippen LogP contribution in [0.5, 0.6) is 0 Å². The topological polar surface area (TPSA) is 133 Å². The molecule has 1 saturated heterocycles. The molecule has 0 aromatic rings. The van der Waals surface area contributed by atoms with Crippen LogP contribution in [0.1, 0.15) is 38.5 Å². The van der Waals surface area contributed by atoms with E-state index in [1.54, 1.807) is 23.1 Å². The number of nitrogens with one attached hydrogen (secondary N) is 2. The van der Waals surface area contributed by atoms with Crippen LogP contribution in [0.2, 0.25) is 0 Å². The number of nitrogens with zero attached hydrogens (tertiary/aromatic N) is 1. The molecular formula is C27H31BCl2IN3O6S. The first-order chi connectivity index (χ1) is 19.3. The average Bonchev–Trinajstić information content (AvgIpc) is 2.92. The lowest BCUT2D eigenvalue weighted by molar-refractivity contribution is -0.141. The van der Waals surface area contributed by atoms with Gasteiger partial charge in [-0.25, -0.2) is 13.2 Å². The van der Waals surface area contributed by atoms with Crippen LogP contribution >= 0.6 is 46.1 Å². The lowest BCUT2D eigenvalue weighted by Crippen LogP contribution is -2.49. The van der Waals surface area contributed by atoms with Crippen LogP contribution in [0.25, 0.3) is 0 Å². The molecule has 4 aliphatic rings. The SMILES string of the molecule is [B]C1=CC=C(C(=O)N2CCC3C(Cl)=C(C(=O)N[C@@H](CC4=CC(S(C)(=O)=O)=CCC4)C(=O)O)C(Cl)CC3C2)CC1NI. The predicted molar refractivity (Wildman–Crippen MR) is 167 cm³/mol. The number of hydrogen-bond donors (Lipinski definition) is 3. The monoisotopic (exact) mass is 733 g/mol. The van der Waals surface area contributed by atoms with Crippen molar-refractivity contribution in [2.75, 3.05) is 19.3 Å². The van der Waals surface area contributed by atoms with Gasteiger partial charge in [0, 0.05) is 70.3 Å². The summed E-state index contributed by atoms with van der Waals surface area (Å²) in [5.41, 5.74) is 2.11. The molecule has 2 radical (unpaired) electrons. The maximum atomic E-state index is 13.3. The van der Waals surface area contributed by atoms with Crippen LogP contribution < -0.4 is 8.85 Å². The molecule has 4 unspecified atom stereocenters. The summed E-state index contributed by atoms with van der Waals surface area (Å²) in [5, 5.41) is 11.9. The second-order valence-electron chi connectivity index (χ2n) is 10.9. The smallest absolute Gasteiger partial charge is 0.326 e. The molecule has 0 bridgehead atoms. The molecule has 3 N–H and O–H groups in total. The summed E-state index contributed by atoms with van der Waals surface area (Å²) in [7, 11) is 2.56. The van der Waals surface area contributed by atoms with Gasteiger partial charge in [-0.3, -0.25) is 13.1 Å². The fraction of sp³-hybridized carbons (Fsp3) is 0.519. The zero-order chi connectivity index (χ0) is 30.1. The number of allylic oxidation sites excluding steroid dienone is 5. The van der Waals surface area contributed by atoms with Crippen molar-refractivity contribution in [1.29, 1.82) is 0 Å². The standard InChI is InChI=1S/C27H31BCl2IN3O6S/c1-41(39,40)17-4-2-3-14(9-17)10-22(27(37)38)32-25(35)23-20(29)11-16-13-34(8-7-18(16)24(23)30)26(36)15-5-6-19(28)21(12-15)33-31/h4-6,9,16,18,20-22,33H,2-3,7-8,10-13H2,1H3,(H,32,35)(H,37,38)/t16?,18?,20?,21?,22-/m0/s1. The lowest BCUT2D eigenvalue weighted by Gasteiger charge is -2.43. The highest BCUT2D eigenvalue weighted by molar-refractivity contribution is 14.1. The van der Waals surface area contributed by atoms with E-state index in [1.807, 2.05) is 22.9 Å². The summed E-state index contributed by atoms with van der Waals surface area (Å²) in [4.78, 5) is 40.6. The molecule has 0 aromatic carbocycles. The molecule has 1 heterocycles. The zero-order valence-corrected chi connectivity index (χ0v) is 26.9. The Bertz CT molecular complexity index is 1390.